The molecule has 0 aliphatic heterocycles. The molecule has 1 aromatic carbocycles. The molecule has 0 unspecified atom stereocenters. The predicted molar refractivity (Wildman–Crippen MR) is 79.4 cm³/mol. The normalized spacial score (nSPS) is 11.0. The Kier molecular flexibility index (Phi) is 5.59. The van der Waals surface area contributed by atoms with E-state index >= 15 is 0 Å². The van der Waals surface area contributed by atoms with Gasteiger partial charge in [-0.1, -0.05) is 31.8 Å². The summed E-state index contributed by atoms with van der Waals surface area (Å²) in [6, 6.07) is 7.25. The van der Waals surface area contributed by atoms with Gasteiger partial charge in [-0.25, -0.2) is 4.79 Å². The highest BCUT2D eigenvalue weighted by Gasteiger charge is 2.14. The van der Waals surface area contributed by atoms with Crippen LogP contribution in [0.15, 0.2) is 24.3 Å². The Balaban J connectivity index is 2.46. The van der Waals surface area contributed by atoms with Gasteiger partial charge >= 0.3 is 13.2 Å². The molecule has 0 aliphatic carbocycles. The molecule has 1 amide bonds. The Morgan fingerprint density at radius 3 is 2.63 bits per heavy atom. The van der Waals surface area contributed by atoms with Crippen LogP contribution in [0, 0.1) is 0 Å². The molecule has 0 saturated heterocycles. The van der Waals surface area contributed by atoms with E-state index in [1.54, 1.807) is 18.2 Å². The number of hydrogen-bond acceptors (Lipinski definition) is 4. The van der Waals surface area contributed by atoms with E-state index in [-0.39, 0.29) is 0 Å². The van der Waals surface area contributed by atoms with Crippen molar-refractivity contribution in [1.82, 2.24) is 0 Å². The molecule has 1 aromatic rings. The van der Waals surface area contributed by atoms with Crippen molar-refractivity contribution in [3.63, 3.8) is 0 Å². The number of carbonyl (C=O) groups is 1. The first-order valence-corrected chi connectivity index (χ1v) is 9.88. The summed E-state index contributed by atoms with van der Waals surface area (Å²) in [5.41, 5.74) is 0.795. The van der Waals surface area contributed by atoms with Crippen molar-refractivity contribution in [3.8, 4) is 0 Å². The van der Waals surface area contributed by atoms with Gasteiger partial charge in [0.2, 0.25) is 0 Å². The van der Waals surface area contributed by atoms with E-state index in [9.17, 15) is 4.79 Å². The Bertz CT molecular complexity index is 434. The molecule has 0 atom stereocenters. The predicted octanol–water partition coefficient (Wildman–Crippen LogP) is 1.25. The van der Waals surface area contributed by atoms with Gasteiger partial charge in [0.25, 0.3) is 0 Å². The van der Waals surface area contributed by atoms with E-state index < -0.39 is 21.3 Å². The quantitative estimate of drug-likeness (QED) is 0.710. The van der Waals surface area contributed by atoms with Crippen LogP contribution in [0.5, 0.6) is 0 Å². The van der Waals surface area contributed by atoms with Gasteiger partial charge in [-0.15, -0.1) is 0 Å². The van der Waals surface area contributed by atoms with Crippen LogP contribution in [-0.4, -0.2) is 37.9 Å². The molecule has 3 N–H and O–H groups in total. The second-order valence-corrected chi connectivity index (χ2v) is 11.2. The van der Waals surface area contributed by atoms with Crippen molar-refractivity contribution >= 4 is 32.4 Å². The maximum Gasteiger partial charge on any atom is 0.488 e. The summed E-state index contributed by atoms with van der Waals surface area (Å²) in [4.78, 5) is 11.5. The average Bonchev–Trinajstić information content (AvgIpc) is 2.27. The summed E-state index contributed by atoms with van der Waals surface area (Å²) in [5.74, 6) is 0. The highest BCUT2D eigenvalue weighted by Crippen LogP contribution is 2.09. The molecule has 1 rings (SSSR count). The maximum atomic E-state index is 11.5. The minimum Gasteiger partial charge on any atom is -0.450 e. The number of anilines is 1. The molecule has 19 heavy (non-hydrogen) atoms. The second kappa shape index (κ2) is 6.74. The van der Waals surface area contributed by atoms with Crippen LogP contribution in [0.3, 0.4) is 0 Å². The monoisotopic (exact) mass is 281 g/mol. The van der Waals surface area contributed by atoms with Crippen molar-refractivity contribution in [2.45, 2.75) is 25.7 Å². The van der Waals surface area contributed by atoms with E-state index in [2.05, 4.69) is 25.0 Å². The Morgan fingerprint density at radius 2 is 2.05 bits per heavy atom. The lowest BCUT2D eigenvalue weighted by Gasteiger charge is -2.15. The number of hydrogen-bond donors (Lipinski definition) is 3. The average molecular weight is 281 g/mol. The van der Waals surface area contributed by atoms with Gasteiger partial charge in [0.1, 0.15) is 0 Å². The Morgan fingerprint density at radius 1 is 1.37 bits per heavy atom. The zero-order valence-corrected chi connectivity index (χ0v) is 12.5. The molecule has 0 radical (unpaired) electrons. The largest absolute Gasteiger partial charge is 0.488 e. The number of rotatable bonds is 5. The molecule has 0 heterocycles. The van der Waals surface area contributed by atoms with E-state index in [0.717, 1.165) is 6.04 Å². The van der Waals surface area contributed by atoms with Crippen molar-refractivity contribution in [3.05, 3.63) is 24.3 Å². The van der Waals surface area contributed by atoms with Crippen LogP contribution in [0.2, 0.25) is 25.7 Å². The van der Waals surface area contributed by atoms with E-state index in [4.69, 9.17) is 14.8 Å². The van der Waals surface area contributed by atoms with Gasteiger partial charge < -0.3 is 14.8 Å². The first-order chi connectivity index (χ1) is 8.78. The van der Waals surface area contributed by atoms with Crippen LogP contribution in [0.1, 0.15) is 0 Å². The number of benzene rings is 1. The Labute approximate surface area is 114 Å². The summed E-state index contributed by atoms with van der Waals surface area (Å²) >= 11 is 0. The zero-order valence-electron chi connectivity index (χ0n) is 11.5. The number of nitrogens with one attached hydrogen (secondary N) is 1. The molecule has 104 valence electrons. The van der Waals surface area contributed by atoms with E-state index in [1.807, 2.05) is 0 Å². The van der Waals surface area contributed by atoms with Crippen molar-refractivity contribution in [2.75, 3.05) is 11.9 Å². The molecular weight excluding hydrogens is 261 g/mol. The molecule has 0 bridgehead atoms. The molecule has 0 saturated carbocycles. The highest BCUT2D eigenvalue weighted by molar-refractivity contribution is 6.76. The van der Waals surface area contributed by atoms with Gasteiger partial charge in [0, 0.05) is 13.8 Å². The minimum atomic E-state index is -1.55. The van der Waals surface area contributed by atoms with Crippen molar-refractivity contribution < 1.29 is 19.6 Å². The zero-order chi connectivity index (χ0) is 14.5. The molecule has 7 heteroatoms. The van der Waals surface area contributed by atoms with E-state index in [0.29, 0.717) is 17.8 Å². The molecular formula is C12H20BNO4Si. The third-order valence-corrected chi connectivity index (χ3v) is 4.22. The van der Waals surface area contributed by atoms with Crippen molar-refractivity contribution in [1.29, 1.82) is 0 Å². The fourth-order valence-corrected chi connectivity index (χ4v) is 2.10. The smallest absolute Gasteiger partial charge is 0.450 e. The van der Waals surface area contributed by atoms with E-state index in [1.165, 1.54) is 6.07 Å². The summed E-state index contributed by atoms with van der Waals surface area (Å²) in [6.45, 7) is 7.03. The van der Waals surface area contributed by atoms with Gasteiger partial charge in [0.15, 0.2) is 0 Å². The SMILES string of the molecule is C[Si](C)(C)CCOC(=O)Nc1cccc(B(O)O)c1. The fourth-order valence-electron chi connectivity index (χ4n) is 1.38. The fraction of sp³-hybridized carbons (Fsp3) is 0.417. The standard InChI is InChI=1S/C12H20BNO4Si/c1-19(2,3)8-7-18-12(15)14-11-6-4-5-10(9-11)13(16)17/h4-6,9,16-17H,7-8H2,1-3H3,(H,14,15). The van der Waals surface area contributed by atoms with Gasteiger partial charge in [0.05, 0.1) is 6.61 Å². The molecule has 5 nitrogen and oxygen atoms in total. The maximum absolute atomic E-state index is 11.5. The summed E-state index contributed by atoms with van der Waals surface area (Å²) in [7, 11) is -2.76. The molecule has 0 spiro atoms. The summed E-state index contributed by atoms with van der Waals surface area (Å²) < 4.78 is 5.08. The topological polar surface area (TPSA) is 78.8 Å². The lowest BCUT2D eigenvalue weighted by atomic mass is 9.80. The van der Waals surface area contributed by atoms with Crippen LogP contribution in [0.4, 0.5) is 10.5 Å². The molecule has 0 fully saturated rings. The highest BCUT2D eigenvalue weighted by atomic mass is 28.3. The van der Waals surface area contributed by atoms with Gasteiger partial charge in [-0.2, -0.15) is 0 Å². The lowest BCUT2D eigenvalue weighted by Crippen LogP contribution is -2.30. The first-order valence-electron chi connectivity index (χ1n) is 6.18. The van der Waals surface area contributed by atoms with Gasteiger partial charge in [-0.3, -0.25) is 5.32 Å². The second-order valence-electron chi connectivity index (χ2n) is 5.57. The summed E-state index contributed by atoms with van der Waals surface area (Å²) in [5, 5.41) is 20.6. The molecule has 0 aromatic heterocycles. The number of ether oxygens (including phenoxy) is 1. The molecule has 0 aliphatic rings. The first kappa shape index (κ1) is 15.7. The third kappa shape index (κ3) is 6.42. The van der Waals surface area contributed by atoms with Crippen molar-refractivity contribution in [2.24, 2.45) is 0 Å². The van der Waals surface area contributed by atoms with Gasteiger partial charge in [-0.05, 0) is 23.6 Å². The number of amides is 1. The van der Waals surface area contributed by atoms with Crippen LogP contribution < -0.4 is 10.8 Å². The third-order valence-electron chi connectivity index (χ3n) is 2.52. The van der Waals surface area contributed by atoms with Crippen LogP contribution in [0.25, 0.3) is 0 Å². The van der Waals surface area contributed by atoms with Crippen LogP contribution >= 0.6 is 0 Å². The summed E-state index contributed by atoms with van der Waals surface area (Å²) in [6.07, 6.45) is -0.525. The lowest BCUT2D eigenvalue weighted by molar-refractivity contribution is 0.167. The number of carbonyl (C=O) groups excluding carboxylic acids is 1. The Hall–Kier alpha value is -1.31. The minimum absolute atomic E-state index is 0.319. The van der Waals surface area contributed by atoms with Crippen LogP contribution in [-0.2, 0) is 4.74 Å².